The molecule has 0 unspecified atom stereocenters. The second kappa shape index (κ2) is 3.92. The molecule has 0 aliphatic rings. The van der Waals surface area contributed by atoms with E-state index < -0.39 is 6.67 Å². The first-order valence-electron chi connectivity index (χ1n) is 3.33. The summed E-state index contributed by atoms with van der Waals surface area (Å²) in [6, 6.07) is 4.86. The molecule has 0 aromatic heterocycles. The monoisotopic (exact) mass is 204 g/mol. The fourth-order valence-electron chi connectivity index (χ4n) is 0.835. The van der Waals surface area contributed by atoms with Crippen molar-refractivity contribution in [2.75, 3.05) is 6.67 Å². The number of allylic oxidation sites excluding steroid dienone is 1. The van der Waals surface area contributed by atoms with Gasteiger partial charge < -0.3 is 0 Å². The van der Waals surface area contributed by atoms with Crippen LogP contribution in [0.2, 0.25) is 10.0 Å². The molecule has 0 radical (unpaired) electrons. The Labute approximate surface area is 80.6 Å². The molecule has 1 aromatic rings. The van der Waals surface area contributed by atoms with Crippen LogP contribution in [0, 0.1) is 0 Å². The summed E-state index contributed by atoms with van der Waals surface area (Å²) in [5.74, 6) is 0. The Hall–Kier alpha value is -0.530. The second-order valence-corrected chi connectivity index (χ2v) is 3.27. The zero-order valence-electron chi connectivity index (χ0n) is 6.28. The van der Waals surface area contributed by atoms with Gasteiger partial charge in [-0.05, 0) is 29.3 Å². The molecule has 0 heterocycles. The van der Waals surface area contributed by atoms with Gasteiger partial charge in [-0.1, -0.05) is 29.8 Å². The largest absolute Gasteiger partial charge is 0.246 e. The zero-order valence-corrected chi connectivity index (χ0v) is 7.79. The fraction of sp³-hybridized carbons (Fsp3) is 0.111. The van der Waals surface area contributed by atoms with Gasteiger partial charge in [-0.2, -0.15) is 0 Å². The highest BCUT2D eigenvalue weighted by atomic mass is 35.5. The Morgan fingerprint density at radius 1 is 1.25 bits per heavy atom. The summed E-state index contributed by atoms with van der Waals surface area (Å²) < 4.78 is 12.2. The predicted octanol–water partition coefficient (Wildman–Crippen LogP) is 3.98. The van der Waals surface area contributed by atoms with E-state index in [9.17, 15) is 4.39 Å². The average Bonchev–Trinajstić information content (AvgIpc) is 2.01. The van der Waals surface area contributed by atoms with E-state index in [2.05, 4.69) is 6.58 Å². The first-order valence-corrected chi connectivity index (χ1v) is 4.09. The van der Waals surface area contributed by atoms with Crippen molar-refractivity contribution in [3.8, 4) is 0 Å². The number of rotatable bonds is 2. The van der Waals surface area contributed by atoms with Crippen molar-refractivity contribution in [3.63, 3.8) is 0 Å². The molecule has 0 bridgehead atoms. The number of hydrogen-bond acceptors (Lipinski definition) is 0. The lowest BCUT2D eigenvalue weighted by atomic mass is 10.1. The highest BCUT2D eigenvalue weighted by molar-refractivity contribution is 6.34. The minimum atomic E-state index is -0.587. The van der Waals surface area contributed by atoms with Gasteiger partial charge in [-0.25, -0.2) is 4.39 Å². The van der Waals surface area contributed by atoms with Crippen LogP contribution in [0.15, 0.2) is 24.8 Å². The standard InChI is InChI=1S/C9H7Cl2F/c1-6(5-12)7-2-8(10)4-9(11)3-7/h2-4H,1,5H2. The van der Waals surface area contributed by atoms with Crippen LogP contribution in [0.5, 0.6) is 0 Å². The van der Waals surface area contributed by atoms with Crippen LogP contribution < -0.4 is 0 Å². The fourth-order valence-corrected chi connectivity index (χ4v) is 1.36. The summed E-state index contributed by atoms with van der Waals surface area (Å²) >= 11 is 11.4. The van der Waals surface area contributed by atoms with E-state index >= 15 is 0 Å². The number of hydrogen-bond donors (Lipinski definition) is 0. The van der Waals surface area contributed by atoms with E-state index in [4.69, 9.17) is 23.2 Å². The van der Waals surface area contributed by atoms with Gasteiger partial charge in [0.05, 0.1) is 0 Å². The maximum Gasteiger partial charge on any atom is 0.115 e. The number of halogens is 3. The minimum absolute atomic E-state index is 0.388. The Balaban J connectivity index is 3.08. The molecule has 64 valence electrons. The lowest BCUT2D eigenvalue weighted by molar-refractivity contribution is 0.572. The highest BCUT2D eigenvalue weighted by Gasteiger charge is 2.01. The van der Waals surface area contributed by atoms with Crippen LogP contribution in [0.1, 0.15) is 5.56 Å². The molecule has 0 saturated carbocycles. The summed E-state index contributed by atoms with van der Waals surface area (Å²) in [5.41, 5.74) is 1.04. The molecule has 1 aromatic carbocycles. The molecular formula is C9H7Cl2F. The topological polar surface area (TPSA) is 0 Å². The lowest BCUT2D eigenvalue weighted by Crippen LogP contribution is -1.84. The van der Waals surface area contributed by atoms with Gasteiger partial charge >= 0.3 is 0 Å². The molecule has 0 atom stereocenters. The van der Waals surface area contributed by atoms with E-state index in [1.54, 1.807) is 18.2 Å². The van der Waals surface area contributed by atoms with E-state index in [-0.39, 0.29) is 0 Å². The molecule has 3 heteroatoms. The van der Waals surface area contributed by atoms with Crippen LogP contribution in [0.4, 0.5) is 4.39 Å². The van der Waals surface area contributed by atoms with Gasteiger partial charge in [0.25, 0.3) is 0 Å². The molecule has 12 heavy (non-hydrogen) atoms. The van der Waals surface area contributed by atoms with Crippen molar-refractivity contribution in [2.24, 2.45) is 0 Å². The van der Waals surface area contributed by atoms with Crippen molar-refractivity contribution in [1.29, 1.82) is 0 Å². The maximum absolute atomic E-state index is 12.2. The van der Waals surface area contributed by atoms with E-state index in [1.807, 2.05) is 0 Å². The minimum Gasteiger partial charge on any atom is -0.246 e. The third kappa shape index (κ3) is 2.23. The third-order valence-electron chi connectivity index (χ3n) is 1.43. The Bertz CT molecular complexity index is 287. The predicted molar refractivity (Wildman–Crippen MR) is 51.5 cm³/mol. The summed E-state index contributed by atoms with van der Waals surface area (Å²) in [5, 5.41) is 0.985. The molecule has 0 aliphatic heterocycles. The van der Waals surface area contributed by atoms with Crippen LogP contribution in [-0.2, 0) is 0 Å². The highest BCUT2D eigenvalue weighted by Crippen LogP contribution is 2.23. The first-order chi connectivity index (χ1) is 5.63. The van der Waals surface area contributed by atoms with Gasteiger partial charge in [-0.15, -0.1) is 0 Å². The van der Waals surface area contributed by atoms with Crippen molar-refractivity contribution >= 4 is 28.8 Å². The molecule has 0 aliphatic carbocycles. The number of benzene rings is 1. The molecule has 1 rings (SSSR count). The lowest BCUT2D eigenvalue weighted by Gasteiger charge is -2.02. The van der Waals surface area contributed by atoms with Crippen LogP contribution in [0.25, 0.3) is 5.57 Å². The molecule has 0 amide bonds. The molecule has 0 saturated heterocycles. The van der Waals surface area contributed by atoms with E-state index in [1.165, 1.54) is 0 Å². The van der Waals surface area contributed by atoms with Crippen LogP contribution in [-0.4, -0.2) is 6.67 Å². The van der Waals surface area contributed by atoms with Gasteiger partial charge in [0, 0.05) is 10.0 Å². The van der Waals surface area contributed by atoms with Crippen molar-refractivity contribution in [3.05, 3.63) is 40.4 Å². The van der Waals surface area contributed by atoms with Gasteiger partial charge in [-0.3, -0.25) is 0 Å². The van der Waals surface area contributed by atoms with Crippen molar-refractivity contribution < 1.29 is 4.39 Å². The third-order valence-corrected chi connectivity index (χ3v) is 1.87. The second-order valence-electron chi connectivity index (χ2n) is 2.40. The molecule has 0 N–H and O–H groups in total. The Morgan fingerprint density at radius 2 is 1.75 bits per heavy atom. The van der Waals surface area contributed by atoms with E-state index in [0.717, 1.165) is 0 Å². The van der Waals surface area contributed by atoms with Crippen molar-refractivity contribution in [1.82, 2.24) is 0 Å². The quantitative estimate of drug-likeness (QED) is 0.684. The Kier molecular flexibility index (Phi) is 3.12. The normalized spacial score (nSPS) is 9.92. The molecule has 0 spiro atoms. The van der Waals surface area contributed by atoms with Gasteiger partial charge in [0.15, 0.2) is 0 Å². The number of alkyl halides is 1. The summed E-state index contributed by atoms with van der Waals surface area (Å²) in [7, 11) is 0. The van der Waals surface area contributed by atoms with Crippen LogP contribution in [0.3, 0.4) is 0 Å². The maximum atomic E-state index is 12.2. The summed E-state index contributed by atoms with van der Waals surface area (Å²) in [4.78, 5) is 0. The molecular weight excluding hydrogens is 198 g/mol. The van der Waals surface area contributed by atoms with Gasteiger partial charge in [0.1, 0.15) is 6.67 Å². The molecule has 0 fully saturated rings. The van der Waals surface area contributed by atoms with Gasteiger partial charge in [0.2, 0.25) is 0 Å². The van der Waals surface area contributed by atoms with E-state index in [0.29, 0.717) is 21.2 Å². The average molecular weight is 205 g/mol. The molecule has 0 nitrogen and oxygen atoms in total. The summed E-state index contributed by atoms with van der Waals surface area (Å²) in [6.45, 7) is 2.95. The SMILES string of the molecule is C=C(CF)c1cc(Cl)cc(Cl)c1. The Morgan fingerprint density at radius 3 is 2.17 bits per heavy atom. The van der Waals surface area contributed by atoms with Crippen molar-refractivity contribution in [2.45, 2.75) is 0 Å². The first kappa shape index (κ1) is 9.56. The smallest absolute Gasteiger partial charge is 0.115 e. The summed E-state index contributed by atoms with van der Waals surface area (Å²) in [6.07, 6.45) is 0. The van der Waals surface area contributed by atoms with Crippen LogP contribution >= 0.6 is 23.2 Å². The zero-order chi connectivity index (χ0) is 9.14.